The highest BCUT2D eigenvalue weighted by molar-refractivity contribution is 6.31. The number of piperazine rings is 1. The molecule has 1 aliphatic rings. The minimum absolute atomic E-state index is 0.115. The van der Waals surface area contributed by atoms with Crippen LogP contribution < -0.4 is 9.80 Å². The lowest BCUT2D eigenvalue weighted by Crippen LogP contribution is -2.47. The van der Waals surface area contributed by atoms with Gasteiger partial charge in [-0.1, -0.05) is 11.6 Å². The van der Waals surface area contributed by atoms with E-state index in [1.54, 1.807) is 6.20 Å². The summed E-state index contributed by atoms with van der Waals surface area (Å²) >= 11 is 6.05. The third-order valence-corrected chi connectivity index (χ3v) is 4.98. The molecular formula is C19H17ClF3N5. The maximum Gasteiger partial charge on any atom is 0.433 e. The number of rotatable bonds is 2. The molecule has 0 saturated carbocycles. The van der Waals surface area contributed by atoms with Crippen LogP contribution in [-0.2, 0) is 6.18 Å². The number of hydrogen-bond acceptors (Lipinski definition) is 5. The van der Waals surface area contributed by atoms with Crippen molar-refractivity contribution in [3.05, 3.63) is 53.1 Å². The van der Waals surface area contributed by atoms with Crippen molar-refractivity contribution < 1.29 is 13.2 Å². The lowest BCUT2D eigenvalue weighted by Gasteiger charge is -2.37. The highest BCUT2D eigenvalue weighted by Crippen LogP contribution is 2.31. The van der Waals surface area contributed by atoms with Gasteiger partial charge in [-0.2, -0.15) is 13.2 Å². The Labute approximate surface area is 164 Å². The quantitative estimate of drug-likeness (QED) is 0.632. The van der Waals surface area contributed by atoms with Gasteiger partial charge in [0.15, 0.2) is 0 Å². The fraction of sp³-hybridized carbons (Fsp3) is 0.316. The minimum atomic E-state index is -4.48. The molecule has 0 N–H and O–H groups in total. The Kier molecular flexibility index (Phi) is 4.74. The Bertz CT molecular complexity index is 1020. The van der Waals surface area contributed by atoms with E-state index in [4.69, 9.17) is 11.6 Å². The van der Waals surface area contributed by atoms with E-state index in [1.807, 2.05) is 29.2 Å². The topological polar surface area (TPSA) is 45.2 Å². The first kappa shape index (κ1) is 18.7. The van der Waals surface area contributed by atoms with Gasteiger partial charge in [0.25, 0.3) is 0 Å². The summed E-state index contributed by atoms with van der Waals surface area (Å²) in [6.45, 7) is 3.91. The van der Waals surface area contributed by atoms with Gasteiger partial charge >= 0.3 is 6.18 Å². The normalized spacial score (nSPS) is 15.3. The Hall–Kier alpha value is -2.61. The van der Waals surface area contributed by atoms with Gasteiger partial charge in [-0.15, -0.1) is 0 Å². The first-order valence-corrected chi connectivity index (χ1v) is 9.16. The molecule has 1 aliphatic heterocycles. The van der Waals surface area contributed by atoms with E-state index >= 15 is 0 Å². The number of pyridine rings is 1. The molecule has 0 spiro atoms. The van der Waals surface area contributed by atoms with Crippen LogP contribution in [0.4, 0.5) is 24.7 Å². The lowest BCUT2D eigenvalue weighted by molar-refractivity contribution is -0.141. The molecular weight excluding hydrogens is 391 g/mol. The summed E-state index contributed by atoms with van der Waals surface area (Å²) in [5.74, 6) is 0.426. The number of halogens is 4. The second kappa shape index (κ2) is 7.09. The summed E-state index contributed by atoms with van der Waals surface area (Å²) in [6.07, 6.45) is -2.74. The zero-order valence-electron chi connectivity index (χ0n) is 15.0. The average molecular weight is 408 g/mol. The summed E-state index contributed by atoms with van der Waals surface area (Å²) < 4.78 is 39.1. The molecule has 0 aliphatic carbocycles. The zero-order chi connectivity index (χ0) is 19.9. The van der Waals surface area contributed by atoms with Crippen molar-refractivity contribution in [2.75, 3.05) is 36.0 Å². The van der Waals surface area contributed by atoms with Crippen LogP contribution >= 0.6 is 11.6 Å². The molecule has 5 nitrogen and oxygen atoms in total. The van der Waals surface area contributed by atoms with E-state index in [0.717, 1.165) is 22.7 Å². The van der Waals surface area contributed by atoms with E-state index in [0.29, 0.717) is 37.0 Å². The second-order valence-corrected chi connectivity index (χ2v) is 7.06. The molecule has 0 unspecified atom stereocenters. The number of hydrogen-bond donors (Lipinski definition) is 0. The van der Waals surface area contributed by atoms with E-state index < -0.39 is 11.9 Å². The third kappa shape index (κ3) is 3.69. The molecule has 3 aromatic rings. The molecule has 4 rings (SSSR count). The Morgan fingerprint density at radius 3 is 2.39 bits per heavy atom. The van der Waals surface area contributed by atoms with Crippen molar-refractivity contribution in [1.82, 2.24) is 15.0 Å². The minimum Gasteiger partial charge on any atom is -0.367 e. The molecule has 0 radical (unpaired) electrons. The van der Waals surface area contributed by atoms with Crippen LogP contribution in [0.15, 0.2) is 36.5 Å². The van der Waals surface area contributed by atoms with Crippen LogP contribution in [0.5, 0.6) is 0 Å². The lowest BCUT2D eigenvalue weighted by atomic mass is 10.1. The van der Waals surface area contributed by atoms with Crippen molar-refractivity contribution >= 4 is 34.0 Å². The van der Waals surface area contributed by atoms with Gasteiger partial charge in [0.05, 0.1) is 5.52 Å². The summed E-state index contributed by atoms with van der Waals surface area (Å²) in [4.78, 5) is 16.1. The fourth-order valence-electron chi connectivity index (χ4n) is 3.42. The van der Waals surface area contributed by atoms with E-state index in [1.165, 1.54) is 6.92 Å². The predicted molar refractivity (Wildman–Crippen MR) is 103 cm³/mol. The molecule has 0 bridgehead atoms. The van der Waals surface area contributed by atoms with Crippen molar-refractivity contribution in [3.63, 3.8) is 0 Å². The van der Waals surface area contributed by atoms with Crippen LogP contribution in [0.3, 0.4) is 0 Å². The molecule has 1 aromatic carbocycles. The molecule has 0 atom stereocenters. The maximum absolute atomic E-state index is 13.0. The van der Waals surface area contributed by atoms with Crippen LogP contribution in [0, 0.1) is 6.92 Å². The van der Waals surface area contributed by atoms with E-state index in [2.05, 4.69) is 19.9 Å². The fourth-order valence-corrected chi connectivity index (χ4v) is 3.58. The van der Waals surface area contributed by atoms with Crippen molar-refractivity contribution in [3.8, 4) is 0 Å². The molecule has 146 valence electrons. The predicted octanol–water partition coefficient (Wildman–Crippen LogP) is 4.33. The summed E-state index contributed by atoms with van der Waals surface area (Å²) in [5, 5.41) is 1.62. The molecule has 1 saturated heterocycles. The van der Waals surface area contributed by atoms with Crippen LogP contribution in [-0.4, -0.2) is 41.1 Å². The summed E-state index contributed by atoms with van der Waals surface area (Å²) in [7, 11) is 0. The Balaban J connectivity index is 1.55. The zero-order valence-corrected chi connectivity index (χ0v) is 15.8. The highest BCUT2D eigenvalue weighted by atomic mass is 35.5. The van der Waals surface area contributed by atoms with Gasteiger partial charge < -0.3 is 9.80 Å². The number of alkyl halides is 3. The van der Waals surface area contributed by atoms with Gasteiger partial charge in [0.1, 0.15) is 17.3 Å². The van der Waals surface area contributed by atoms with Gasteiger partial charge in [0.2, 0.25) is 0 Å². The van der Waals surface area contributed by atoms with E-state index in [-0.39, 0.29) is 5.82 Å². The highest BCUT2D eigenvalue weighted by Gasteiger charge is 2.34. The number of benzene rings is 1. The number of fused-ring (bicyclic) bond motifs is 1. The largest absolute Gasteiger partial charge is 0.433 e. The first-order chi connectivity index (χ1) is 13.3. The SMILES string of the molecule is Cc1nc(N2CCN(c3ccnc4cc(Cl)ccc34)CC2)cc(C(F)(F)F)n1. The molecule has 28 heavy (non-hydrogen) atoms. The molecule has 9 heteroatoms. The van der Waals surface area contributed by atoms with Crippen molar-refractivity contribution in [2.24, 2.45) is 0 Å². The molecule has 3 heterocycles. The van der Waals surface area contributed by atoms with Crippen LogP contribution in [0.2, 0.25) is 5.02 Å². The van der Waals surface area contributed by atoms with Gasteiger partial charge in [0, 0.05) is 54.5 Å². The standard InChI is InChI=1S/C19H17ClF3N5/c1-12-25-17(19(21,22)23)11-18(26-12)28-8-6-27(7-9-28)16-4-5-24-15-10-13(20)2-3-14(15)16/h2-5,10-11H,6-9H2,1H3. The van der Waals surface area contributed by atoms with Crippen molar-refractivity contribution in [2.45, 2.75) is 13.1 Å². The summed E-state index contributed by atoms with van der Waals surface area (Å²) in [5.41, 5.74) is 0.944. The molecule has 1 fully saturated rings. The average Bonchev–Trinajstić information content (AvgIpc) is 2.66. The first-order valence-electron chi connectivity index (χ1n) is 8.78. The number of aromatic nitrogens is 3. The van der Waals surface area contributed by atoms with Crippen LogP contribution in [0.25, 0.3) is 10.9 Å². The van der Waals surface area contributed by atoms with Crippen molar-refractivity contribution in [1.29, 1.82) is 0 Å². The maximum atomic E-state index is 13.0. The monoisotopic (exact) mass is 407 g/mol. The van der Waals surface area contributed by atoms with Crippen LogP contribution in [0.1, 0.15) is 11.5 Å². The van der Waals surface area contributed by atoms with Gasteiger partial charge in [-0.3, -0.25) is 4.98 Å². The van der Waals surface area contributed by atoms with E-state index in [9.17, 15) is 13.2 Å². The smallest absolute Gasteiger partial charge is 0.367 e. The number of aryl methyl sites for hydroxylation is 1. The summed E-state index contributed by atoms with van der Waals surface area (Å²) in [6, 6.07) is 8.55. The Morgan fingerprint density at radius 2 is 1.68 bits per heavy atom. The van der Waals surface area contributed by atoms with Gasteiger partial charge in [-0.05, 0) is 31.2 Å². The molecule has 2 aromatic heterocycles. The number of nitrogens with zero attached hydrogens (tertiary/aromatic N) is 5. The second-order valence-electron chi connectivity index (χ2n) is 6.62. The Morgan fingerprint density at radius 1 is 0.964 bits per heavy atom. The third-order valence-electron chi connectivity index (χ3n) is 4.74. The van der Waals surface area contributed by atoms with Gasteiger partial charge in [-0.25, -0.2) is 9.97 Å². The molecule has 0 amide bonds. The number of anilines is 2.